The van der Waals surface area contributed by atoms with Crippen LogP contribution in [0.3, 0.4) is 0 Å². The number of carboxylic acid groups (broad SMARTS) is 1. The first-order valence-electron chi connectivity index (χ1n) is 7.46. The highest BCUT2D eigenvalue weighted by molar-refractivity contribution is 5.81. The highest BCUT2D eigenvalue weighted by atomic mass is 16.6. The van der Waals surface area contributed by atoms with Gasteiger partial charge in [0.1, 0.15) is 11.6 Å². The van der Waals surface area contributed by atoms with E-state index in [1.807, 2.05) is 31.2 Å². The summed E-state index contributed by atoms with van der Waals surface area (Å²) in [5, 5.41) is 9.40. The molecule has 2 rings (SSSR count). The number of aryl methyl sites for hydroxylation is 1. The van der Waals surface area contributed by atoms with Gasteiger partial charge in [0.25, 0.3) is 0 Å². The maximum Gasteiger partial charge on any atom is 0.411 e. The molecule has 1 aromatic carbocycles. The normalized spacial score (nSPS) is 21.7. The minimum atomic E-state index is -0.985. The summed E-state index contributed by atoms with van der Waals surface area (Å²) in [5.74, 6) is -0.963. The average Bonchev–Trinajstić information content (AvgIpc) is 2.82. The molecule has 0 radical (unpaired) electrons. The molecule has 5 nitrogen and oxygen atoms in total. The van der Waals surface area contributed by atoms with Crippen LogP contribution >= 0.6 is 0 Å². The van der Waals surface area contributed by atoms with Gasteiger partial charge >= 0.3 is 12.1 Å². The van der Waals surface area contributed by atoms with E-state index in [-0.39, 0.29) is 5.92 Å². The second-order valence-electron chi connectivity index (χ2n) is 6.83. The van der Waals surface area contributed by atoms with E-state index in [0.29, 0.717) is 13.0 Å². The number of benzene rings is 1. The lowest BCUT2D eigenvalue weighted by molar-refractivity contribution is -0.142. The Morgan fingerprint density at radius 1 is 1.32 bits per heavy atom. The van der Waals surface area contributed by atoms with Gasteiger partial charge in [0.15, 0.2) is 0 Å². The lowest BCUT2D eigenvalue weighted by Gasteiger charge is -2.26. The SMILES string of the molecule is Cc1cccc([C@H]2C[C@H](C(=O)O)N(C(=O)OC(C)(C)C)C2)c1. The second-order valence-corrected chi connectivity index (χ2v) is 6.83. The van der Waals surface area contributed by atoms with Crippen LogP contribution in [0.25, 0.3) is 0 Å². The average molecular weight is 305 g/mol. The Balaban J connectivity index is 2.19. The number of nitrogens with zero attached hydrogens (tertiary/aromatic N) is 1. The van der Waals surface area contributed by atoms with Crippen LogP contribution < -0.4 is 0 Å². The van der Waals surface area contributed by atoms with Gasteiger partial charge in [0.05, 0.1) is 0 Å². The highest BCUT2D eigenvalue weighted by Crippen LogP contribution is 2.33. The topological polar surface area (TPSA) is 66.8 Å². The zero-order valence-electron chi connectivity index (χ0n) is 13.5. The number of aliphatic carboxylic acids is 1. The number of hydrogen-bond acceptors (Lipinski definition) is 3. The molecule has 1 aliphatic rings. The molecule has 0 aromatic heterocycles. The third-order valence-electron chi connectivity index (χ3n) is 3.73. The first-order chi connectivity index (χ1) is 10.2. The number of carbonyl (C=O) groups is 2. The number of likely N-dealkylation sites (tertiary alicyclic amines) is 1. The van der Waals surface area contributed by atoms with Gasteiger partial charge in [-0.05, 0) is 39.7 Å². The number of amides is 1. The Morgan fingerprint density at radius 3 is 2.55 bits per heavy atom. The van der Waals surface area contributed by atoms with Crippen LogP contribution in [-0.4, -0.2) is 40.3 Å². The predicted molar refractivity (Wildman–Crippen MR) is 82.9 cm³/mol. The van der Waals surface area contributed by atoms with Crippen LogP contribution in [0.4, 0.5) is 4.79 Å². The van der Waals surface area contributed by atoms with Crippen molar-refractivity contribution in [3.8, 4) is 0 Å². The van der Waals surface area contributed by atoms with Crippen molar-refractivity contribution in [3.63, 3.8) is 0 Å². The van der Waals surface area contributed by atoms with Gasteiger partial charge in [-0.3, -0.25) is 4.90 Å². The Hall–Kier alpha value is -2.04. The molecule has 1 saturated heterocycles. The lowest BCUT2D eigenvalue weighted by atomic mass is 9.95. The van der Waals surface area contributed by atoms with E-state index >= 15 is 0 Å². The van der Waals surface area contributed by atoms with E-state index < -0.39 is 23.7 Å². The Bertz CT molecular complexity index is 576. The lowest BCUT2D eigenvalue weighted by Crippen LogP contribution is -2.43. The summed E-state index contributed by atoms with van der Waals surface area (Å²) in [5.41, 5.74) is 1.55. The number of carboxylic acids is 1. The molecule has 2 atom stereocenters. The summed E-state index contributed by atoms with van der Waals surface area (Å²) in [6.45, 7) is 7.69. The monoisotopic (exact) mass is 305 g/mol. The van der Waals surface area contributed by atoms with Crippen LogP contribution in [0.5, 0.6) is 0 Å². The molecule has 1 amide bonds. The van der Waals surface area contributed by atoms with Crippen molar-refractivity contribution in [1.82, 2.24) is 4.90 Å². The van der Waals surface area contributed by atoms with Gasteiger partial charge in [0, 0.05) is 12.5 Å². The van der Waals surface area contributed by atoms with E-state index in [1.54, 1.807) is 20.8 Å². The van der Waals surface area contributed by atoms with Crippen molar-refractivity contribution >= 4 is 12.1 Å². The van der Waals surface area contributed by atoms with Crippen molar-refractivity contribution < 1.29 is 19.4 Å². The maximum absolute atomic E-state index is 12.3. The molecule has 0 spiro atoms. The molecule has 0 aliphatic carbocycles. The first kappa shape index (κ1) is 16.3. The van der Waals surface area contributed by atoms with Gasteiger partial charge in [-0.1, -0.05) is 29.8 Å². The Morgan fingerprint density at radius 2 is 2.00 bits per heavy atom. The third-order valence-corrected chi connectivity index (χ3v) is 3.73. The van der Waals surface area contributed by atoms with E-state index in [4.69, 9.17) is 4.74 Å². The largest absolute Gasteiger partial charge is 0.480 e. The minimum Gasteiger partial charge on any atom is -0.480 e. The van der Waals surface area contributed by atoms with E-state index in [9.17, 15) is 14.7 Å². The number of ether oxygens (including phenoxy) is 1. The molecule has 1 N–H and O–H groups in total. The molecule has 0 bridgehead atoms. The standard InChI is InChI=1S/C17H23NO4/c1-11-6-5-7-12(8-11)13-9-14(15(19)20)18(10-13)16(21)22-17(2,3)4/h5-8,13-14H,9-10H2,1-4H3,(H,19,20)/t13-,14+/m0/s1. The molecule has 1 fully saturated rings. The zero-order chi connectivity index (χ0) is 16.5. The summed E-state index contributed by atoms with van der Waals surface area (Å²) in [4.78, 5) is 25.1. The molecular weight excluding hydrogens is 282 g/mol. The van der Waals surface area contributed by atoms with Crippen LogP contribution in [0.2, 0.25) is 0 Å². The number of rotatable bonds is 2. The number of hydrogen-bond donors (Lipinski definition) is 1. The third kappa shape index (κ3) is 3.78. The van der Waals surface area contributed by atoms with Gasteiger partial charge in [0.2, 0.25) is 0 Å². The fourth-order valence-electron chi connectivity index (χ4n) is 2.76. The van der Waals surface area contributed by atoms with Gasteiger partial charge in [-0.25, -0.2) is 9.59 Å². The summed E-state index contributed by atoms with van der Waals surface area (Å²) in [6.07, 6.45) is -0.145. The summed E-state index contributed by atoms with van der Waals surface area (Å²) < 4.78 is 5.33. The molecule has 1 heterocycles. The van der Waals surface area contributed by atoms with Crippen molar-refractivity contribution in [2.45, 2.75) is 51.7 Å². The fourth-order valence-corrected chi connectivity index (χ4v) is 2.76. The molecule has 1 aromatic rings. The molecular formula is C17H23NO4. The highest BCUT2D eigenvalue weighted by Gasteiger charge is 2.41. The van der Waals surface area contributed by atoms with Crippen molar-refractivity contribution in [3.05, 3.63) is 35.4 Å². The second kappa shape index (κ2) is 5.99. The van der Waals surface area contributed by atoms with Crippen LogP contribution in [0.15, 0.2) is 24.3 Å². The molecule has 0 saturated carbocycles. The van der Waals surface area contributed by atoms with Gasteiger partial charge in [-0.15, -0.1) is 0 Å². The molecule has 120 valence electrons. The molecule has 1 aliphatic heterocycles. The van der Waals surface area contributed by atoms with E-state index in [1.165, 1.54) is 4.90 Å². The number of carbonyl (C=O) groups excluding carboxylic acids is 1. The summed E-state index contributed by atoms with van der Waals surface area (Å²) in [6, 6.07) is 7.15. The summed E-state index contributed by atoms with van der Waals surface area (Å²) >= 11 is 0. The predicted octanol–water partition coefficient (Wildman–Crippen LogP) is 3.17. The van der Waals surface area contributed by atoms with E-state index in [2.05, 4.69) is 0 Å². The van der Waals surface area contributed by atoms with Crippen molar-refractivity contribution in [2.75, 3.05) is 6.54 Å². The van der Waals surface area contributed by atoms with Crippen molar-refractivity contribution in [2.24, 2.45) is 0 Å². The van der Waals surface area contributed by atoms with Gasteiger partial charge < -0.3 is 9.84 Å². The minimum absolute atomic E-state index is 0.0218. The Labute approximate surface area is 130 Å². The van der Waals surface area contributed by atoms with Crippen LogP contribution in [0.1, 0.15) is 44.2 Å². The molecule has 22 heavy (non-hydrogen) atoms. The molecule has 0 unspecified atom stereocenters. The fraction of sp³-hybridized carbons (Fsp3) is 0.529. The van der Waals surface area contributed by atoms with E-state index in [0.717, 1.165) is 11.1 Å². The summed E-state index contributed by atoms with van der Waals surface area (Å²) in [7, 11) is 0. The van der Waals surface area contributed by atoms with Crippen molar-refractivity contribution in [1.29, 1.82) is 0 Å². The Kier molecular flexibility index (Phi) is 4.44. The van der Waals surface area contributed by atoms with Gasteiger partial charge in [-0.2, -0.15) is 0 Å². The maximum atomic E-state index is 12.3. The molecule has 5 heteroatoms. The zero-order valence-corrected chi connectivity index (χ0v) is 13.5. The quantitative estimate of drug-likeness (QED) is 0.911. The van der Waals surface area contributed by atoms with Crippen LogP contribution in [-0.2, 0) is 9.53 Å². The van der Waals surface area contributed by atoms with Crippen LogP contribution in [0, 0.1) is 6.92 Å². The smallest absolute Gasteiger partial charge is 0.411 e. The first-order valence-corrected chi connectivity index (χ1v) is 7.46.